The summed E-state index contributed by atoms with van der Waals surface area (Å²) in [6.07, 6.45) is 1.04. The molecule has 2 atom stereocenters. The van der Waals surface area contributed by atoms with E-state index in [1.54, 1.807) is 0 Å². The summed E-state index contributed by atoms with van der Waals surface area (Å²) in [4.78, 5) is 0. The minimum absolute atomic E-state index is 0.0104. The van der Waals surface area contributed by atoms with Gasteiger partial charge in [-0.2, -0.15) is 0 Å². The van der Waals surface area contributed by atoms with Gasteiger partial charge in [-0.15, -0.1) is 0 Å². The number of hydrogen-bond acceptors (Lipinski definition) is 2. The van der Waals surface area contributed by atoms with Crippen molar-refractivity contribution in [3.63, 3.8) is 0 Å². The Kier molecular flexibility index (Phi) is 2.86. The number of benzene rings is 1. The van der Waals surface area contributed by atoms with Gasteiger partial charge in [-0.05, 0) is 34.5 Å². The maximum absolute atomic E-state index is 6.07. The Hall–Kier alpha value is -0.0600. The summed E-state index contributed by atoms with van der Waals surface area (Å²) in [5.41, 5.74) is 7.15. The minimum atomic E-state index is -0.0104. The van der Waals surface area contributed by atoms with E-state index in [2.05, 4.69) is 38.8 Å². The molecule has 0 saturated carbocycles. The van der Waals surface area contributed by atoms with Gasteiger partial charge >= 0.3 is 0 Å². The summed E-state index contributed by atoms with van der Waals surface area (Å²) in [5.74, 6) is 0.896. The highest BCUT2D eigenvalue weighted by Crippen LogP contribution is 2.43. The first-order chi connectivity index (χ1) is 6.63. The predicted molar refractivity (Wildman–Crippen MR) is 63.5 cm³/mol. The lowest BCUT2D eigenvalue weighted by Crippen LogP contribution is -2.24. The van der Waals surface area contributed by atoms with E-state index in [1.807, 2.05) is 12.1 Å². The van der Waals surface area contributed by atoms with Crippen LogP contribution in [0.5, 0.6) is 5.75 Å². The lowest BCUT2D eigenvalue weighted by Gasteiger charge is -2.11. The highest BCUT2D eigenvalue weighted by atomic mass is 79.9. The molecule has 76 valence electrons. The van der Waals surface area contributed by atoms with Crippen molar-refractivity contribution in [2.45, 2.75) is 25.5 Å². The first-order valence-corrected chi connectivity index (χ1v) is 6.13. The Morgan fingerprint density at radius 3 is 2.79 bits per heavy atom. The van der Waals surface area contributed by atoms with E-state index in [-0.39, 0.29) is 12.1 Å². The molecule has 1 aromatic carbocycles. The van der Waals surface area contributed by atoms with E-state index in [4.69, 9.17) is 10.5 Å². The number of halogens is 2. The predicted octanol–water partition coefficient (Wildman–Crippen LogP) is 3.38. The number of nitrogens with two attached hydrogens (primary N) is 1. The van der Waals surface area contributed by atoms with Gasteiger partial charge in [0.15, 0.2) is 0 Å². The molecule has 1 aliphatic heterocycles. The quantitative estimate of drug-likeness (QED) is 0.861. The van der Waals surface area contributed by atoms with Crippen LogP contribution in [-0.4, -0.2) is 6.10 Å². The smallest absolute Gasteiger partial charge is 0.138 e. The monoisotopic (exact) mass is 319 g/mol. The van der Waals surface area contributed by atoms with E-state index in [1.165, 1.54) is 0 Å². The van der Waals surface area contributed by atoms with Crippen LogP contribution in [0.3, 0.4) is 0 Å². The van der Waals surface area contributed by atoms with Gasteiger partial charge in [0.1, 0.15) is 11.9 Å². The second-order valence-corrected chi connectivity index (χ2v) is 5.17. The summed E-state index contributed by atoms with van der Waals surface area (Å²) in [6.45, 7) is 2.08. The molecule has 0 aromatic heterocycles. The van der Waals surface area contributed by atoms with Gasteiger partial charge in [0, 0.05) is 10.0 Å². The fourth-order valence-electron chi connectivity index (χ4n) is 1.71. The van der Waals surface area contributed by atoms with Crippen molar-refractivity contribution in [2.75, 3.05) is 0 Å². The molecule has 0 radical (unpaired) electrons. The second kappa shape index (κ2) is 3.83. The van der Waals surface area contributed by atoms with Crippen LogP contribution in [0.1, 0.15) is 24.9 Å². The van der Waals surface area contributed by atoms with Crippen LogP contribution in [0, 0.1) is 0 Å². The lowest BCUT2D eigenvalue weighted by molar-refractivity contribution is 0.201. The summed E-state index contributed by atoms with van der Waals surface area (Å²) in [5, 5.41) is 0. The van der Waals surface area contributed by atoms with Crippen LogP contribution >= 0.6 is 31.9 Å². The summed E-state index contributed by atoms with van der Waals surface area (Å²) < 4.78 is 7.75. The first-order valence-electron chi connectivity index (χ1n) is 4.54. The molecule has 1 aromatic rings. The van der Waals surface area contributed by atoms with Crippen molar-refractivity contribution in [1.29, 1.82) is 0 Å². The number of ether oxygens (including phenoxy) is 1. The fraction of sp³-hybridized carbons (Fsp3) is 0.400. The summed E-state index contributed by atoms with van der Waals surface area (Å²) >= 11 is 6.92. The van der Waals surface area contributed by atoms with E-state index < -0.39 is 0 Å². The maximum Gasteiger partial charge on any atom is 0.138 e. The molecule has 0 spiro atoms. The average molecular weight is 321 g/mol. The van der Waals surface area contributed by atoms with Crippen LogP contribution < -0.4 is 10.5 Å². The molecule has 1 heterocycles. The summed E-state index contributed by atoms with van der Waals surface area (Å²) in [6, 6.07) is 3.99. The molecular formula is C10H11Br2NO. The lowest BCUT2D eigenvalue weighted by atomic mass is 10.0. The third-order valence-electron chi connectivity index (χ3n) is 2.47. The van der Waals surface area contributed by atoms with Gasteiger partial charge in [-0.1, -0.05) is 22.9 Å². The van der Waals surface area contributed by atoms with Gasteiger partial charge in [0.2, 0.25) is 0 Å². The molecule has 0 saturated heterocycles. The average Bonchev–Trinajstić information content (AvgIpc) is 2.44. The largest absolute Gasteiger partial charge is 0.487 e. The minimum Gasteiger partial charge on any atom is -0.487 e. The molecular weight excluding hydrogens is 310 g/mol. The molecule has 2 rings (SSSR count). The van der Waals surface area contributed by atoms with Crippen LogP contribution in [0.25, 0.3) is 0 Å². The molecule has 2 N–H and O–H groups in total. The van der Waals surface area contributed by atoms with Crippen LogP contribution in [0.15, 0.2) is 21.1 Å². The molecule has 0 aliphatic carbocycles. The van der Waals surface area contributed by atoms with E-state index in [0.29, 0.717) is 0 Å². The standard InChI is InChI=1S/C10H11Br2NO/c1-2-8-9(13)6-3-5(11)4-7(12)10(6)14-8/h3-4,8-9H,2,13H2,1H3. The van der Waals surface area contributed by atoms with Gasteiger partial charge in [0.05, 0.1) is 10.5 Å². The molecule has 2 nitrogen and oxygen atoms in total. The van der Waals surface area contributed by atoms with Crippen molar-refractivity contribution < 1.29 is 4.74 Å². The SMILES string of the molecule is CCC1Oc2c(Br)cc(Br)cc2C1N. The fourth-order valence-corrected chi connectivity index (χ4v) is 3.07. The molecule has 0 fully saturated rings. The highest BCUT2D eigenvalue weighted by molar-refractivity contribution is 9.11. The van der Waals surface area contributed by atoms with Crippen molar-refractivity contribution in [3.05, 3.63) is 26.6 Å². The van der Waals surface area contributed by atoms with Gasteiger partial charge < -0.3 is 10.5 Å². The Bertz CT molecular complexity index is 367. The number of fused-ring (bicyclic) bond motifs is 1. The van der Waals surface area contributed by atoms with Crippen molar-refractivity contribution in [3.8, 4) is 5.75 Å². The highest BCUT2D eigenvalue weighted by Gasteiger charge is 2.31. The maximum atomic E-state index is 6.07. The first kappa shape index (κ1) is 10.5. The second-order valence-electron chi connectivity index (χ2n) is 3.40. The van der Waals surface area contributed by atoms with Crippen LogP contribution in [-0.2, 0) is 0 Å². The Labute approximate surface area is 100 Å². The van der Waals surface area contributed by atoms with Gasteiger partial charge in [-0.3, -0.25) is 0 Å². The van der Waals surface area contributed by atoms with Gasteiger partial charge in [0.25, 0.3) is 0 Å². The Morgan fingerprint density at radius 2 is 2.14 bits per heavy atom. The molecule has 2 unspecified atom stereocenters. The number of hydrogen-bond donors (Lipinski definition) is 1. The zero-order valence-corrected chi connectivity index (χ0v) is 10.9. The van der Waals surface area contributed by atoms with Crippen LogP contribution in [0.4, 0.5) is 0 Å². The van der Waals surface area contributed by atoms with Crippen molar-refractivity contribution >= 4 is 31.9 Å². The van der Waals surface area contributed by atoms with E-state index in [9.17, 15) is 0 Å². The zero-order valence-electron chi connectivity index (χ0n) is 7.76. The van der Waals surface area contributed by atoms with E-state index >= 15 is 0 Å². The third-order valence-corrected chi connectivity index (χ3v) is 3.52. The third kappa shape index (κ3) is 1.59. The Morgan fingerprint density at radius 1 is 1.43 bits per heavy atom. The van der Waals surface area contributed by atoms with Crippen molar-refractivity contribution in [2.24, 2.45) is 5.73 Å². The molecule has 4 heteroatoms. The van der Waals surface area contributed by atoms with Gasteiger partial charge in [-0.25, -0.2) is 0 Å². The zero-order chi connectivity index (χ0) is 10.3. The topological polar surface area (TPSA) is 35.2 Å². The van der Waals surface area contributed by atoms with E-state index in [0.717, 1.165) is 26.7 Å². The summed E-state index contributed by atoms with van der Waals surface area (Å²) in [7, 11) is 0. The molecule has 0 bridgehead atoms. The van der Waals surface area contributed by atoms with Crippen molar-refractivity contribution in [1.82, 2.24) is 0 Å². The Balaban J connectivity index is 2.48. The normalized spacial score (nSPS) is 24.6. The number of rotatable bonds is 1. The molecule has 14 heavy (non-hydrogen) atoms. The molecule has 1 aliphatic rings. The molecule has 0 amide bonds. The van der Waals surface area contributed by atoms with Crippen LogP contribution in [0.2, 0.25) is 0 Å².